The van der Waals surface area contributed by atoms with Gasteiger partial charge in [0.2, 0.25) is 0 Å². The summed E-state index contributed by atoms with van der Waals surface area (Å²) in [6.07, 6.45) is -0.371. The molecule has 0 bridgehead atoms. The molecule has 80 valence electrons. The van der Waals surface area contributed by atoms with E-state index >= 15 is 0 Å². The molecule has 1 aromatic carbocycles. The average molecular weight is 291 g/mol. The monoisotopic (exact) mass is 289 g/mol. The van der Waals surface area contributed by atoms with E-state index in [4.69, 9.17) is 16.7 Å². The van der Waals surface area contributed by atoms with E-state index in [1.165, 1.54) is 0 Å². The normalized spacial score (nSPS) is 16.3. The number of aliphatic hydroxyl groups excluding tert-OH is 1. The summed E-state index contributed by atoms with van der Waals surface area (Å²) in [4.78, 5) is 13.4. The van der Waals surface area contributed by atoms with Gasteiger partial charge in [0.1, 0.15) is 0 Å². The van der Waals surface area contributed by atoms with Crippen molar-refractivity contribution in [3.05, 3.63) is 33.3 Å². The van der Waals surface area contributed by atoms with Crippen LogP contribution in [0, 0.1) is 0 Å². The smallest absolute Gasteiger partial charge is 0.254 e. The van der Waals surface area contributed by atoms with Gasteiger partial charge in [-0.25, -0.2) is 0 Å². The van der Waals surface area contributed by atoms with Crippen molar-refractivity contribution in [2.45, 2.75) is 6.10 Å². The Labute approximate surface area is 101 Å². The lowest BCUT2D eigenvalue weighted by Gasteiger charge is -2.35. The van der Waals surface area contributed by atoms with Gasteiger partial charge in [-0.05, 0) is 34.1 Å². The Hall–Kier alpha value is -0.580. The molecule has 0 unspecified atom stereocenters. The van der Waals surface area contributed by atoms with Crippen LogP contribution in [0.25, 0.3) is 0 Å². The second-order valence-electron chi connectivity index (χ2n) is 3.49. The largest absolute Gasteiger partial charge is 0.389 e. The number of likely N-dealkylation sites (tertiary alicyclic amines) is 1. The summed E-state index contributed by atoms with van der Waals surface area (Å²) in [6.45, 7) is 0.832. The molecule has 1 N–H and O–H groups in total. The van der Waals surface area contributed by atoms with Crippen LogP contribution in [0.1, 0.15) is 10.4 Å². The zero-order valence-electron chi connectivity index (χ0n) is 7.78. The number of aliphatic hydroxyl groups is 1. The first-order chi connectivity index (χ1) is 7.08. The van der Waals surface area contributed by atoms with Crippen LogP contribution >= 0.6 is 27.5 Å². The molecule has 0 atom stereocenters. The fourth-order valence-electron chi connectivity index (χ4n) is 1.43. The van der Waals surface area contributed by atoms with Crippen molar-refractivity contribution in [3.8, 4) is 0 Å². The number of hydrogen-bond acceptors (Lipinski definition) is 2. The van der Waals surface area contributed by atoms with Gasteiger partial charge in [0.15, 0.2) is 0 Å². The minimum absolute atomic E-state index is 0.0716. The van der Waals surface area contributed by atoms with Crippen molar-refractivity contribution in [1.29, 1.82) is 0 Å². The molecule has 0 saturated carbocycles. The third kappa shape index (κ3) is 2.17. The van der Waals surface area contributed by atoms with Gasteiger partial charge >= 0.3 is 0 Å². The lowest BCUT2D eigenvalue weighted by molar-refractivity contribution is 0.00589. The molecule has 1 aliphatic heterocycles. The number of nitrogens with zero attached hydrogens (tertiary/aromatic N) is 1. The van der Waals surface area contributed by atoms with Gasteiger partial charge in [0, 0.05) is 23.1 Å². The second-order valence-corrected chi connectivity index (χ2v) is 4.75. The lowest BCUT2D eigenvalue weighted by atomic mass is 10.1. The molecule has 0 aliphatic carbocycles. The van der Waals surface area contributed by atoms with Crippen molar-refractivity contribution in [3.63, 3.8) is 0 Å². The van der Waals surface area contributed by atoms with Gasteiger partial charge in [-0.1, -0.05) is 11.6 Å². The molecule has 0 spiro atoms. The number of hydrogen-bond donors (Lipinski definition) is 1. The fraction of sp³-hybridized carbons (Fsp3) is 0.300. The molecule has 2 rings (SSSR count). The molecule has 5 heteroatoms. The maximum absolute atomic E-state index is 11.8. The Balaban J connectivity index is 2.16. The van der Waals surface area contributed by atoms with E-state index < -0.39 is 0 Å². The van der Waals surface area contributed by atoms with Crippen molar-refractivity contribution in [2.75, 3.05) is 13.1 Å². The molecule has 1 aromatic rings. The predicted molar refractivity (Wildman–Crippen MR) is 61.1 cm³/mol. The van der Waals surface area contributed by atoms with E-state index in [1.807, 2.05) is 0 Å². The molecule has 15 heavy (non-hydrogen) atoms. The standard InChI is InChI=1S/C10H9BrClNO2/c11-8-3-6(1-2-9(8)12)10(15)13-4-7(14)5-13/h1-3,7,14H,4-5H2. The highest BCUT2D eigenvalue weighted by Crippen LogP contribution is 2.24. The molecule has 1 heterocycles. The molecule has 3 nitrogen and oxygen atoms in total. The first kappa shape index (κ1) is 10.9. The Morgan fingerprint density at radius 2 is 2.20 bits per heavy atom. The van der Waals surface area contributed by atoms with Gasteiger partial charge in [-0.2, -0.15) is 0 Å². The van der Waals surface area contributed by atoms with Gasteiger partial charge in [0.05, 0.1) is 11.1 Å². The first-order valence-corrected chi connectivity index (χ1v) is 5.67. The Bertz CT molecular complexity index is 404. The van der Waals surface area contributed by atoms with Crippen molar-refractivity contribution < 1.29 is 9.90 Å². The van der Waals surface area contributed by atoms with Crippen LogP contribution in [0.2, 0.25) is 5.02 Å². The van der Waals surface area contributed by atoms with Crippen LogP contribution in [-0.4, -0.2) is 35.1 Å². The van der Waals surface area contributed by atoms with Crippen LogP contribution in [0.15, 0.2) is 22.7 Å². The molecular formula is C10H9BrClNO2. The third-order valence-corrected chi connectivity index (χ3v) is 3.53. The maximum atomic E-state index is 11.8. The number of carbonyl (C=O) groups excluding carboxylic acids is 1. The van der Waals surface area contributed by atoms with Crippen LogP contribution in [0.5, 0.6) is 0 Å². The van der Waals surface area contributed by atoms with Crippen LogP contribution < -0.4 is 0 Å². The molecule has 0 radical (unpaired) electrons. The Morgan fingerprint density at radius 1 is 1.53 bits per heavy atom. The minimum atomic E-state index is -0.371. The van der Waals surface area contributed by atoms with Crippen LogP contribution in [-0.2, 0) is 0 Å². The van der Waals surface area contributed by atoms with Crippen LogP contribution in [0.4, 0.5) is 0 Å². The number of amides is 1. The molecular weight excluding hydrogens is 281 g/mol. The van der Waals surface area contributed by atoms with Crippen molar-refractivity contribution in [1.82, 2.24) is 4.90 Å². The summed E-state index contributed by atoms with van der Waals surface area (Å²) in [5.74, 6) is -0.0716. The lowest BCUT2D eigenvalue weighted by Crippen LogP contribution is -2.53. The Morgan fingerprint density at radius 3 is 2.73 bits per heavy atom. The minimum Gasteiger partial charge on any atom is -0.389 e. The summed E-state index contributed by atoms with van der Waals surface area (Å²) < 4.78 is 0.705. The number of carbonyl (C=O) groups is 1. The summed E-state index contributed by atoms with van der Waals surface area (Å²) in [7, 11) is 0. The van der Waals surface area contributed by atoms with Gasteiger partial charge < -0.3 is 10.0 Å². The number of benzene rings is 1. The third-order valence-electron chi connectivity index (χ3n) is 2.32. The zero-order chi connectivity index (χ0) is 11.0. The highest BCUT2D eigenvalue weighted by molar-refractivity contribution is 9.10. The number of β-amino-alcohol motifs (C(OH)–C–C–N with tert-alkyl or cyclic N) is 1. The quantitative estimate of drug-likeness (QED) is 0.858. The van der Waals surface area contributed by atoms with E-state index in [1.54, 1.807) is 23.1 Å². The van der Waals surface area contributed by atoms with E-state index in [0.29, 0.717) is 28.1 Å². The van der Waals surface area contributed by atoms with Gasteiger partial charge in [0.25, 0.3) is 5.91 Å². The molecule has 1 aliphatic rings. The zero-order valence-corrected chi connectivity index (χ0v) is 10.1. The topological polar surface area (TPSA) is 40.5 Å². The summed E-state index contributed by atoms with van der Waals surface area (Å²) in [5.41, 5.74) is 0.582. The first-order valence-electron chi connectivity index (χ1n) is 4.50. The van der Waals surface area contributed by atoms with Crippen molar-refractivity contribution >= 4 is 33.4 Å². The number of rotatable bonds is 1. The highest BCUT2D eigenvalue weighted by atomic mass is 79.9. The predicted octanol–water partition coefficient (Wildman–Crippen LogP) is 1.92. The fourth-order valence-corrected chi connectivity index (χ4v) is 1.93. The SMILES string of the molecule is O=C(c1ccc(Cl)c(Br)c1)N1CC(O)C1. The van der Waals surface area contributed by atoms with E-state index in [-0.39, 0.29) is 12.0 Å². The van der Waals surface area contributed by atoms with Gasteiger partial charge in [-0.3, -0.25) is 4.79 Å². The molecule has 1 amide bonds. The van der Waals surface area contributed by atoms with E-state index in [9.17, 15) is 4.79 Å². The van der Waals surface area contributed by atoms with Crippen molar-refractivity contribution in [2.24, 2.45) is 0 Å². The molecule has 0 aromatic heterocycles. The van der Waals surface area contributed by atoms with E-state index in [0.717, 1.165) is 0 Å². The number of halogens is 2. The summed E-state index contributed by atoms with van der Waals surface area (Å²) in [6, 6.07) is 5.05. The highest BCUT2D eigenvalue weighted by Gasteiger charge is 2.29. The summed E-state index contributed by atoms with van der Waals surface area (Å²) in [5, 5.41) is 9.67. The van der Waals surface area contributed by atoms with E-state index in [2.05, 4.69) is 15.9 Å². The van der Waals surface area contributed by atoms with Gasteiger partial charge in [-0.15, -0.1) is 0 Å². The average Bonchev–Trinajstić information content (AvgIpc) is 2.16. The second kappa shape index (κ2) is 4.12. The molecule has 1 fully saturated rings. The maximum Gasteiger partial charge on any atom is 0.254 e. The summed E-state index contributed by atoms with van der Waals surface area (Å²) >= 11 is 9.09. The van der Waals surface area contributed by atoms with Crippen LogP contribution in [0.3, 0.4) is 0 Å². The molecule has 1 saturated heterocycles. The Kier molecular flexibility index (Phi) is 3.00.